The number of phenolic OH excluding ortho intramolecular Hbond substituents is 2. The van der Waals surface area contributed by atoms with Crippen molar-refractivity contribution in [3.63, 3.8) is 0 Å². The molecule has 0 aromatic heterocycles. The van der Waals surface area contributed by atoms with Gasteiger partial charge in [-0.05, 0) is 78.2 Å². The third kappa shape index (κ3) is 8.66. The molecule has 0 unspecified atom stereocenters. The van der Waals surface area contributed by atoms with Gasteiger partial charge in [-0.15, -0.1) is 18.9 Å². The summed E-state index contributed by atoms with van der Waals surface area (Å²) in [5.41, 5.74) is 1.87. The van der Waals surface area contributed by atoms with E-state index in [-0.39, 0.29) is 34.5 Å². The molecule has 5 rings (SSSR count). The van der Waals surface area contributed by atoms with E-state index in [4.69, 9.17) is 15.3 Å². The number of anilines is 1. The number of phenols is 2. The minimum absolute atomic E-state index is 0.00434. The van der Waals surface area contributed by atoms with Gasteiger partial charge in [-0.25, -0.2) is 10.5 Å². The lowest BCUT2D eigenvalue weighted by Crippen LogP contribution is -2.08. The number of benzene rings is 5. The maximum absolute atomic E-state index is 11.1. The first-order valence-electron chi connectivity index (χ1n) is 12.8. The number of hydrogen-bond donors (Lipinski definition) is 5. The summed E-state index contributed by atoms with van der Waals surface area (Å²) in [5, 5.41) is 66.5. The topological polar surface area (TPSA) is 189 Å². The van der Waals surface area contributed by atoms with E-state index < -0.39 is 0 Å². The van der Waals surface area contributed by atoms with Crippen LogP contribution in [-0.2, 0) is 18.7 Å². The Hall–Kier alpha value is -4.78. The van der Waals surface area contributed by atoms with Crippen LogP contribution in [0.4, 0.5) is 28.4 Å². The van der Waals surface area contributed by atoms with Crippen LogP contribution in [0.2, 0.25) is 0 Å². The molecule has 0 aliphatic heterocycles. The number of nitrogens with one attached hydrogen (secondary N) is 1. The maximum Gasteiger partial charge on any atom is 0.159 e. The summed E-state index contributed by atoms with van der Waals surface area (Å²) in [6, 6.07) is 27.4. The molecule has 0 bridgehead atoms. The predicted octanol–water partition coefficient (Wildman–Crippen LogP) is 9.39. The fourth-order valence-electron chi connectivity index (χ4n) is 3.89. The Kier molecular flexibility index (Phi) is 11.1. The van der Waals surface area contributed by atoms with Gasteiger partial charge in [0.15, 0.2) is 12.5 Å². The van der Waals surface area contributed by atoms with Crippen LogP contribution in [0, 0.1) is 0 Å². The molecule has 0 radical (unpaired) electrons. The Balaban J connectivity index is 1.32. The number of hydrogen-bond acceptors (Lipinski definition) is 16. The standard InChI is InChI=1S/C29H23N5O9S2/c35-26-16-21(32-31-20-6-10-23(11-7-20)44-42-40-37)8-13-25(26)33-34-28-27(45-43-41-38)15-18-14-22(9-12-24(18)29(28)36)39-17-30-19-4-2-1-3-5-19/h1-16,30,35-38H,17H2. The number of aromatic hydroxyl groups is 2. The van der Waals surface area contributed by atoms with Gasteiger partial charge in [0.25, 0.3) is 0 Å². The van der Waals surface area contributed by atoms with Crippen molar-refractivity contribution in [2.75, 3.05) is 12.0 Å². The summed E-state index contributed by atoms with van der Waals surface area (Å²) in [5.74, 6) is 0.0772. The van der Waals surface area contributed by atoms with Crippen LogP contribution in [0.5, 0.6) is 17.2 Å². The van der Waals surface area contributed by atoms with Crippen LogP contribution < -0.4 is 10.1 Å². The molecule has 0 amide bonds. The average molecular weight is 650 g/mol. The summed E-state index contributed by atoms with van der Waals surface area (Å²) < 4.78 is 14.8. The zero-order chi connectivity index (χ0) is 31.4. The van der Waals surface area contributed by atoms with Crippen molar-refractivity contribution in [2.24, 2.45) is 20.5 Å². The van der Waals surface area contributed by atoms with E-state index in [2.05, 4.69) is 44.5 Å². The predicted molar refractivity (Wildman–Crippen MR) is 165 cm³/mol. The van der Waals surface area contributed by atoms with Crippen LogP contribution in [-0.4, -0.2) is 27.5 Å². The van der Waals surface area contributed by atoms with E-state index in [9.17, 15) is 10.2 Å². The Labute approximate surface area is 263 Å². The van der Waals surface area contributed by atoms with Crippen molar-refractivity contribution in [1.82, 2.24) is 0 Å². The monoisotopic (exact) mass is 649 g/mol. The first-order valence-corrected chi connectivity index (χ1v) is 14.3. The van der Waals surface area contributed by atoms with Crippen molar-refractivity contribution in [3.05, 3.63) is 97.1 Å². The van der Waals surface area contributed by atoms with Gasteiger partial charge >= 0.3 is 0 Å². The smallest absolute Gasteiger partial charge is 0.159 e. The number of azo groups is 2. The van der Waals surface area contributed by atoms with Crippen LogP contribution in [0.15, 0.2) is 127 Å². The highest BCUT2D eigenvalue weighted by Gasteiger charge is 2.16. The Bertz CT molecular complexity index is 1800. The molecule has 0 atom stereocenters. The molecule has 0 saturated carbocycles. The molecular formula is C29H23N5O9S2. The second kappa shape index (κ2) is 15.8. The van der Waals surface area contributed by atoms with E-state index in [1.165, 1.54) is 12.1 Å². The molecule has 0 aliphatic carbocycles. The number of nitrogens with zero attached hydrogens (tertiary/aromatic N) is 4. The Morgan fingerprint density at radius 1 is 0.689 bits per heavy atom. The summed E-state index contributed by atoms with van der Waals surface area (Å²) in [4.78, 5) is 0.915. The summed E-state index contributed by atoms with van der Waals surface area (Å²) >= 11 is 1.41. The van der Waals surface area contributed by atoms with Gasteiger partial charge in [-0.3, -0.25) is 0 Å². The minimum atomic E-state index is -0.238. The number of ether oxygens (including phenoxy) is 1. The van der Waals surface area contributed by atoms with Crippen LogP contribution >= 0.6 is 24.1 Å². The number of para-hydroxylation sites is 1. The molecule has 0 saturated heterocycles. The quantitative estimate of drug-likeness (QED) is 0.0252. The molecule has 0 aliphatic rings. The lowest BCUT2D eigenvalue weighted by molar-refractivity contribution is -0.432. The molecule has 45 heavy (non-hydrogen) atoms. The average Bonchev–Trinajstić information content (AvgIpc) is 3.06. The first kappa shape index (κ1) is 31.6. The van der Waals surface area contributed by atoms with Gasteiger partial charge in [-0.1, -0.05) is 28.3 Å². The van der Waals surface area contributed by atoms with Gasteiger partial charge in [0.1, 0.15) is 22.9 Å². The van der Waals surface area contributed by atoms with Crippen molar-refractivity contribution in [1.29, 1.82) is 0 Å². The number of rotatable bonds is 14. The van der Waals surface area contributed by atoms with Crippen molar-refractivity contribution < 1.29 is 44.2 Å². The molecule has 230 valence electrons. The van der Waals surface area contributed by atoms with Crippen molar-refractivity contribution >= 4 is 63.3 Å². The molecule has 14 nitrogen and oxygen atoms in total. The minimum Gasteiger partial charge on any atom is -0.506 e. The largest absolute Gasteiger partial charge is 0.506 e. The van der Waals surface area contributed by atoms with Crippen LogP contribution in [0.1, 0.15) is 0 Å². The van der Waals surface area contributed by atoms with Gasteiger partial charge in [0.2, 0.25) is 0 Å². The molecule has 0 heterocycles. The van der Waals surface area contributed by atoms with E-state index in [0.717, 1.165) is 17.7 Å². The summed E-state index contributed by atoms with van der Waals surface area (Å²) in [7, 11) is 0. The fourth-order valence-corrected chi connectivity index (χ4v) is 4.74. The molecule has 0 fully saturated rings. The lowest BCUT2D eigenvalue weighted by atomic mass is 10.1. The zero-order valence-electron chi connectivity index (χ0n) is 22.9. The van der Waals surface area contributed by atoms with E-state index >= 15 is 0 Å². The van der Waals surface area contributed by atoms with E-state index in [1.54, 1.807) is 54.6 Å². The third-order valence-electron chi connectivity index (χ3n) is 5.96. The summed E-state index contributed by atoms with van der Waals surface area (Å²) in [6.07, 6.45) is 0. The fraction of sp³-hybridized carbons (Fsp3) is 0.0345. The molecular weight excluding hydrogens is 626 g/mol. The lowest BCUT2D eigenvalue weighted by Gasteiger charge is -2.12. The van der Waals surface area contributed by atoms with Gasteiger partial charge in [-0.2, -0.15) is 10.2 Å². The molecule has 5 aromatic carbocycles. The first-order chi connectivity index (χ1) is 22.0. The van der Waals surface area contributed by atoms with Crippen molar-refractivity contribution in [2.45, 2.75) is 9.79 Å². The second-order valence-electron chi connectivity index (χ2n) is 8.81. The van der Waals surface area contributed by atoms with E-state index in [0.29, 0.717) is 44.8 Å². The Morgan fingerprint density at radius 2 is 1.42 bits per heavy atom. The highest BCUT2D eigenvalue weighted by Crippen LogP contribution is 2.45. The Morgan fingerprint density at radius 3 is 2.18 bits per heavy atom. The number of fused-ring (bicyclic) bond motifs is 1. The maximum atomic E-state index is 11.1. The molecule has 16 heteroatoms. The SMILES string of the molecule is OOOSc1ccc(N=Nc2ccc(N=Nc3c(SOOO)cc4cc(OCNc5ccccc5)ccc4c3O)c(O)c2)cc1. The third-order valence-corrected chi connectivity index (χ3v) is 7.17. The highest BCUT2D eigenvalue weighted by atomic mass is 32.2. The summed E-state index contributed by atoms with van der Waals surface area (Å²) in [6.45, 7) is 0.213. The van der Waals surface area contributed by atoms with Crippen LogP contribution in [0.25, 0.3) is 10.8 Å². The molecule has 5 aromatic rings. The van der Waals surface area contributed by atoms with Crippen LogP contribution in [0.3, 0.4) is 0 Å². The molecule has 5 N–H and O–H groups in total. The second-order valence-corrected chi connectivity index (χ2v) is 10.3. The normalized spacial score (nSPS) is 11.5. The zero-order valence-corrected chi connectivity index (χ0v) is 24.5. The van der Waals surface area contributed by atoms with Crippen molar-refractivity contribution in [3.8, 4) is 17.2 Å². The molecule has 0 spiro atoms. The van der Waals surface area contributed by atoms with Gasteiger partial charge in [0, 0.05) is 22.0 Å². The van der Waals surface area contributed by atoms with Gasteiger partial charge < -0.3 is 20.3 Å². The van der Waals surface area contributed by atoms with Gasteiger partial charge in [0.05, 0.1) is 40.4 Å². The highest BCUT2D eigenvalue weighted by molar-refractivity contribution is 7.94. The van der Waals surface area contributed by atoms with E-state index in [1.807, 2.05) is 30.3 Å².